The summed E-state index contributed by atoms with van der Waals surface area (Å²) in [6.07, 6.45) is 7.20. The van der Waals surface area contributed by atoms with Crippen LogP contribution < -0.4 is 15.4 Å². The number of aromatic nitrogens is 2. The number of aryl methyl sites for hydroxylation is 2. The lowest BCUT2D eigenvalue weighted by atomic mass is 10.1. The van der Waals surface area contributed by atoms with E-state index in [1.165, 1.54) is 5.56 Å². The lowest BCUT2D eigenvalue weighted by molar-refractivity contribution is 0.235. The zero-order chi connectivity index (χ0) is 17.5. The molecule has 25 heavy (non-hydrogen) atoms. The van der Waals surface area contributed by atoms with Gasteiger partial charge in [-0.2, -0.15) is 0 Å². The number of ether oxygens (including phenoxy) is 1. The Morgan fingerprint density at radius 3 is 2.96 bits per heavy atom. The molecular weight excluding hydrogens is 314 g/mol. The average Bonchev–Trinajstić information content (AvgIpc) is 3.23. The fourth-order valence-electron chi connectivity index (χ4n) is 3.05. The number of nitrogens with one attached hydrogen (secondary N) is 2. The van der Waals surface area contributed by atoms with Gasteiger partial charge in [0.15, 0.2) is 5.96 Å². The van der Waals surface area contributed by atoms with Crippen molar-refractivity contribution in [3.05, 3.63) is 48.0 Å². The van der Waals surface area contributed by atoms with E-state index in [1.807, 2.05) is 31.5 Å². The molecular formula is C19H27N5O. The first-order chi connectivity index (χ1) is 12.3. The molecule has 2 aromatic rings. The molecule has 0 aliphatic carbocycles. The van der Waals surface area contributed by atoms with Crippen molar-refractivity contribution in [1.82, 2.24) is 20.2 Å². The van der Waals surface area contributed by atoms with Gasteiger partial charge in [-0.25, -0.2) is 4.98 Å². The number of fused-ring (bicyclic) bond motifs is 1. The minimum absolute atomic E-state index is 0.167. The van der Waals surface area contributed by atoms with Crippen molar-refractivity contribution in [1.29, 1.82) is 0 Å². The number of hydrogen-bond donors (Lipinski definition) is 2. The molecule has 0 fully saturated rings. The SMILES string of the molecule is CN=C(NCCCCn1ccnc1C)NCC1Cc2ccccc2O1. The Bertz CT molecular complexity index is 684. The minimum atomic E-state index is 0.167. The quantitative estimate of drug-likeness (QED) is 0.460. The van der Waals surface area contributed by atoms with Crippen molar-refractivity contribution < 1.29 is 4.74 Å². The van der Waals surface area contributed by atoms with Crippen LogP contribution in [0.2, 0.25) is 0 Å². The van der Waals surface area contributed by atoms with Crippen LogP contribution in [-0.2, 0) is 13.0 Å². The van der Waals surface area contributed by atoms with Crippen molar-refractivity contribution in [2.24, 2.45) is 4.99 Å². The molecule has 1 aromatic heterocycles. The monoisotopic (exact) mass is 341 g/mol. The van der Waals surface area contributed by atoms with E-state index in [-0.39, 0.29) is 6.10 Å². The number of hydrogen-bond acceptors (Lipinski definition) is 3. The number of unbranched alkanes of at least 4 members (excludes halogenated alkanes) is 1. The number of nitrogens with zero attached hydrogens (tertiary/aromatic N) is 3. The molecule has 0 amide bonds. The summed E-state index contributed by atoms with van der Waals surface area (Å²) in [6, 6.07) is 8.24. The van der Waals surface area contributed by atoms with Crippen LogP contribution in [0.15, 0.2) is 41.7 Å². The first-order valence-electron chi connectivity index (χ1n) is 8.93. The summed E-state index contributed by atoms with van der Waals surface area (Å²) in [6.45, 7) is 4.70. The third-order valence-electron chi connectivity index (χ3n) is 4.48. The normalized spacial score (nSPS) is 16.4. The Hall–Kier alpha value is -2.50. The fraction of sp³-hybridized carbons (Fsp3) is 0.474. The van der Waals surface area contributed by atoms with E-state index in [2.05, 4.69) is 37.3 Å². The Kier molecular flexibility index (Phi) is 5.93. The van der Waals surface area contributed by atoms with Crippen LogP contribution in [0.4, 0.5) is 0 Å². The molecule has 6 heteroatoms. The van der Waals surface area contributed by atoms with E-state index in [1.54, 1.807) is 7.05 Å². The predicted octanol–water partition coefficient (Wildman–Crippen LogP) is 2.14. The maximum absolute atomic E-state index is 5.94. The molecule has 0 saturated carbocycles. The standard InChI is InChI=1S/C19H27N5O/c1-15-21-10-12-24(15)11-6-5-9-22-19(20-2)23-14-17-13-16-7-3-4-8-18(16)25-17/h3-4,7-8,10,12,17H,5-6,9,11,13-14H2,1-2H3,(H2,20,22,23). The van der Waals surface area contributed by atoms with Gasteiger partial charge in [-0.3, -0.25) is 4.99 Å². The van der Waals surface area contributed by atoms with Gasteiger partial charge >= 0.3 is 0 Å². The largest absolute Gasteiger partial charge is 0.488 e. The van der Waals surface area contributed by atoms with Crippen LogP contribution in [0.5, 0.6) is 5.75 Å². The van der Waals surface area contributed by atoms with Crippen molar-refractivity contribution in [3.8, 4) is 5.75 Å². The first kappa shape index (κ1) is 17.3. The highest BCUT2D eigenvalue weighted by Gasteiger charge is 2.22. The van der Waals surface area contributed by atoms with Crippen LogP contribution in [0.25, 0.3) is 0 Å². The van der Waals surface area contributed by atoms with Crippen molar-refractivity contribution in [3.63, 3.8) is 0 Å². The van der Waals surface area contributed by atoms with Gasteiger partial charge in [0.25, 0.3) is 0 Å². The minimum Gasteiger partial charge on any atom is -0.488 e. The molecule has 0 bridgehead atoms. The molecule has 2 heterocycles. The van der Waals surface area contributed by atoms with E-state index >= 15 is 0 Å². The van der Waals surface area contributed by atoms with Crippen molar-refractivity contribution >= 4 is 5.96 Å². The summed E-state index contributed by atoms with van der Waals surface area (Å²) < 4.78 is 8.13. The molecule has 1 aliphatic rings. The molecule has 0 radical (unpaired) electrons. The van der Waals surface area contributed by atoms with Gasteiger partial charge in [-0.15, -0.1) is 0 Å². The average molecular weight is 341 g/mol. The van der Waals surface area contributed by atoms with Gasteiger partial charge in [-0.1, -0.05) is 18.2 Å². The summed E-state index contributed by atoms with van der Waals surface area (Å²) in [4.78, 5) is 8.52. The molecule has 0 spiro atoms. The Morgan fingerprint density at radius 2 is 2.20 bits per heavy atom. The van der Waals surface area contributed by atoms with E-state index in [4.69, 9.17) is 4.74 Å². The highest BCUT2D eigenvalue weighted by molar-refractivity contribution is 5.79. The third kappa shape index (κ3) is 4.75. The summed E-state index contributed by atoms with van der Waals surface area (Å²) in [5.74, 6) is 2.91. The maximum atomic E-state index is 5.94. The molecule has 1 aliphatic heterocycles. The van der Waals surface area contributed by atoms with Crippen LogP contribution in [-0.4, -0.2) is 41.8 Å². The third-order valence-corrected chi connectivity index (χ3v) is 4.48. The van der Waals surface area contributed by atoms with Gasteiger partial charge in [0, 0.05) is 39.0 Å². The maximum Gasteiger partial charge on any atom is 0.191 e. The van der Waals surface area contributed by atoms with Crippen LogP contribution in [0.3, 0.4) is 0 Å². The number of imidazole rings is 1. The number of rotatable bonds is 7. The van der Waals surface area contributed by atoms with Crippen LogP contribution in [0.1, 0.15) is 24.2 Å². The lowest BCUT2D eigenvalue weighted by Crippen LogP contribution is -2.42. The molecule has 6 nitrogen and oxygen atoms in total. The Morgan fingerprint density at radius 1 is 1.32 bits per heavy atom. The predicted molar refractivity (Wildman–Crippen MR) is 100 cm³/mol. The Labute approximate surface area is 149 Å². The number of aliphatic imine (C=N–C) groups is 1. The van der Waals surface area contributed by atoms with Gasteiger partial charge in [0.2, 0.25) is 0 Å². The highest BCUT2D eigenvalue weighted by atomic mass is 16.5. The molecule has 0 saturated heterocycles. The van der Waals surface area contributed by atoms with E-state index in [0.29, 0.717) is 0 Å². The zero-order valence-electron chi connectivity index (χ0n) is 15.0. The fourth-order valence-corrected chi connectivity index (χ4v) is 3.05. The lowest BCUT2D eigenvalue weighted by Gasteiger charge is -2.15. The second kappa shape index (κ2) is 8.55. The molecule has 1 unspecified atom stereocenters. The van der Waals surface area contributed by atoms with E-state index < -0.39 is 0 Å². The van der Waals surface area contributed by atoms with Crippen molar-refractivity contribution in [2.45, 2.75) is 38.8 Å². The molecule has 3 rings (SSSR count). The van der Waals surface area contributed by atoms with Crippen LogP contribution in [0, 0.1) is 6.92 Å². The molecule has 1 atom stereocenters. The summed E-state index contributed by atoms with van der Waals surface area (Å²) in [7, 11) is 1.80. The number of benzene rings is 1. The first-order valence-corrected chi connectivity index (χ1v) is 8.93. The topological polar surface area (TPSA) is 63.5 Å². The van der Waals surface area contributed by atoms with E-state index in [9.17, 15) is 0 Å². The van der Waals surface area contributed by atoms with Gasteiger partial charge in [0.1, 0.15) is 17.7 Å². The number of para-hydroxylation sites is 1. The highest BCUT2D eigenvalue weighted by Crippen LogP contribution is 2.27. The number of guanidine groups is 1. The summed E-state index contributed by atoms with van der Waals surface area (Å²) >= 11 is 0. The van der Waals surface area contributed by atoms with Crippen LogP contribution >= 0.6 is 0 Å². The van der Waals surface area contributed by atoms with Gasteiger partial charge < -0.3 is 19.9 Å². The summed E-state index contributed by atoms with van der Waals surface area (Å²) in [5.41, 5.74) is 1.28. The van der Waals surface area contributed by atoms with Crippen molar-refractivity contribution in [2.75, 3.05) is 20.1 Å². The van der Waals surface area contributed by atoms with Gasteiger partial charge in [0.05, 0.1) is 6.54 Å². The zero-order valence-corrected chi connectivity index (χ0v) is 15.0. The smallest absolute Gasteiger partial charge is 0.191 e. The second-order valence-corrected chi connectivity index (χ2v) is 6.31. The second-order valence-electron chi connectivity index (χ2n) is 6.31. The van der Waals surface area contributed by atoms with Gasteiger partial charge in [-0.05, 0) is 31.4 Å². The summed E-state index contributed by atoms with van der Waals surface area (Å²) in [5, 5.41) is 6.73. The Balaban J connectivity index is 1.32. The van der Waals surface area contributed by atoms with E-state index in [0.717, 1.165) is 56.4 Å². The molecule has 134 valence electrons. The molecule has 2 N–H and O–H groups in total. The molecule has 1 aromatic carbocycles.